The predicted octanol–water partition coefficient (Wildman–Crippen LogP) is 3.38. The summed E-state index contributed by atoms with van der Waals surface area (Å²) in [6.45, 7) is 3.66. The molecule has 1 unspecified atom stereocenters. The molecule has 1 atom stereocenters. The van der Waals surface area contributed by atoms with Crippen LogP contribution in [-0.2, 0) is 10.5 Å². The lowest BCUT2D eigenvalue weighted by atomic mass is 10.1. The minimum atomic E-state index is -0.605. The van der Waals surface area contributed by atoms with Crippen molar-refractivity contribution in [2.75, 3.05) is 11.1 Å². The van der Waals surface area contributed by atoms with Gasteiger partial charge in [0.15, 0.2) is 0 Å². The summed E-state index contributed by atoms with van der Waals surface area (Å²) in [6.07, 6.45) is -0.605. The largest absolute Gasteiger partial charge is 0.389 e. The number of thioether (sulfide) groups is 1. The molecule has 4 nitrogen and oxygen atoms in total. The van der Waals surface area contributed by atoms with Crippen molar-refractivity contribution < 1.29 is 9.90 Å². The zero-order valence-electron chi connectivity index (χ0n) is 12.0. The molecule has 0 aliphatic heterocycles. The standard InChI is InChI=1S/C15H18N2O2S2/c1-10(18)13-5-3-4-6-14(13)17-15(19)9-20-7-12-8-21-11(2)16-12/h3-6,8,10,18H,7,9H2,1-2H3,(H,17,19). The minimum absolute atomic E-state index is 0.0694. The third-order valence-electron chi connectivity index (χ3n) is 2.83. The molecule has 2 N–H and O–H groups in total. The molecule has 112 valence electrons. The zero-order valence-corrected chi connectivity index (χ0v) is 13.6. The van der Waals surface area contributed by atoms with Crippen molar-refractivity contribution in [3.8, 4) is 0 Å². The normalized spacial score (nSPS) is 12.1. The first kappa shape index (κ1) is 16.0. The van der Waals surface area contributed by atoms with Gasteiger partial charge in [0.1, 0.15) is 0 Å². The highest BCUT2D eigenvalue weighted by Crippen LogP contribution is 2.22. The molecule has 21 heavy (non-hydrogen) atoms. The first-order valence-corrected chi connectivity index (χ1v) is 8.65. The Balaban J connectivity index is 1.84. The van der Waals surface area contributed by atoms with E-state index < -0.39 is 6.10 Å². The van der Waals surface area contributed by atoms with Crippen LogP contribution in [-0.4, -0.2) is 21.8 Å². The highest BCUT2D eigenvalue weighted by Gasteiger charge is 2.10. The molecule has 1 amide bonds. The summed E-state index contributed by atoms with van der Waals surface area (Å²) in [4.78, 5) is 16.3. The fraction of sp³-hybridized carbons (Fsp3) is 0.333. The van der Waals surface area contributed by atoms with E-state index in [4.69, 9.17) is 0 Å². The molecule has 0 aliphatic carbocycles. The maximum absolute atomic E-state index is 12.0. The number of hydrogen-bond acceptors (Lipinski definition) is 5. The highest BCUT2D eigenvalue weighted by molar-refractivity contribution is 7.99. The van der Waals surface area contributed by atoms with Crippen molar-refractivity contribution in [2.24, 2.45) is 0 Å². The molecule has 0 aliphatic rings. The quantitative estimate of drug-likeness (QED) is 0.856. The number of para-hydroxylation sites is 1. The Hall–Kier alpha value is -1.37. The van der Waals surface area contributed by atoms with E-state index in [9.17, 15) is 9.90 Å². The van der Waals surface area contributed by atoms with E-state index in [1.165, 1.54) is 11.8 Å². The van der Waals surface area contributed by atoms with E-state index in [1.807, 2.05) is 30.5 Å². The number of benzene rings is 1. The number of nitrogens with zero attached hydrogens (tertiary/aromatic N) is 1. The molecular weight excluding hydrogens is 304 g/mol. The van der Waals surface area contributed by atoms with Crippen LogP contribution in [0.4, 0.5) is 5.69 Å². The number of carbonyl (C=O) groups is 1. The van der Waals surface area contributed by atoms with Gasteiger partial charge in [-0.15, -0.1) is 23.1 Å². The summed E-state index contributed by atoms with van der Waals surface area (Å²) >= 11 is 3.15. The molecule has 0 bridgehead atoms. The van der Waals surface area contributed by atoms with Crippen LogP contribution in [0, 0.1) is 6.92 Å². The number of aryl methyl sites for hydroxylation is 1. The lowest BCUT2D eigenvalue weighted by Gasteiger charge is -2.12. The van der Waals surface area contributed by atoms with Gasteiger partial charge in [-0.1, -0.05) is 18.2 Å². The second kappa shape index (κ2) is 7.59. The number of nitrogens with one attached hydrogen (secondary N) is 1. The number of anilines is 1. The Morgan fingerprint density at radius 3 is 2.90 bits per heavy atom. The van der Waals surface area contributed by atoms with Gasteiger partial charge in [0.2, 0.25) is 5.91 Å². The molecule has 0 radical (unpaired) electrons. The molecule has 0 saturated carbocycles. The van der Waals surface area contributed by atoms with E-state index in [2.05, 4.69) is 10.3 Å². The number of aliphatic hydroxyl groups excluding tert-OH is 1. The topological polar surface area (TPSA) is 62.2 Å². The minimum Gasteiger partial charge on any atom is -0.389 e. The molecular formula is C15H18N2O2S2. The second-order valence-corrected chi connectivity index (χ2v) is 6.71. The van der Waals surface area contributed by atoms with Crippen LogP contribution < -0.4 is 5.32 Å². The average Bonchev–Trinajstić information content (AvgIpc) is 2.85. The smallest absolute Gasteiger partial charge is 0.234 e. The van der Waals surface area contributed by atoms with E-state index in [1.54, 1.807) is 24.3 Å². The Morgan fingerprint density at radius 2 is 2.24 bits per heavy atom. The van der Waals surface area contributed by atoms with Crippen LogP contribution in [0.15, 0.2) is 29.6 Å². The molecule has 1 heterocycles. The van der Waals surface area contributed by atoms with Crippen molar-refractivity contribution in [3.63, 3.8) is 0 Å². The summed E-state index contributed by atoms with van der Waals surface area (Å²) < 4.78 is 0. The maximum Gasteiger partial charge on any atom is 0.234 e. The van der Waals surface area contributed by atoms with E-state index in [0.717, 1.165) is 22.0 Å². The van der Waals surface area contributed by atoms with Crippen LogP contribution in [0.2, 0.25) is 0 Å². The Labute approximate surface area is 132 Å². The molecule has 2 rings (SSSR count). The van der Waals surface area contributed by atoms with Gasteiger partial charge in [-0.3, -0.25) is 4.79 Å². The molecule has 0 spiro atoms. The van der Waals surface area contributed by atoms with Crippen molar-refractivity contribution in [3.05, 3.63) is 45.9 Å². The van der Waals surface area contributed by atoms with Crippen molar-refractivity contribution in [2.45, 2.75) is 25.7 Å². The summed E-state index contributed by atoms with van der Waals surface area (Å²) in [5.41, 5.74) is 2.41. The maximum atomic E-state index is 12.0. The van der Waals surface area contributed by atoms with Crippen LogP contribution in [0.5, 0.6) is 0 Å². The van der Waals surface area contributed by atoms with E-state index in [-0.39, 0.29) is 5.91 Å². The number of rotatable bonds is 6. The molecule has 6 heteroatoms. The van der Waals surface area contributed by atoms with E-state index in [0.29, 0.717) is 11.4 Å². The number of aromatic nitrogens is 1. The second-order valence-electron chi connectivity index (χ2n) is 4.66. The summed E-state index contributed by atoms with van der Waals surface area (Å²) in [7, 11) is 0. The predicted molar refractivity (Wildman–Crippen MR) is 88.7 cm³/mol. The van der Waals surface area contributed by atoms with Gasteiger partial charge < -0.3 is 10.4 Å². The fourth-order valence-corrected chi connectivity index (χ4v) is 3.32. The fourth-order valence-electron chi connectivity index (χ4n) is 1.88. The SMILES string of the molecule is Cc1nc(CSCC(=O)Nc2ccccc2C(C)O)cs1. The van der Waals surface area contributed by atoms with Gasteiger partial charge in [0, 0.05) is 22.4 Å². The molecule has 2 aromatic rings. The number of thiazole rings is 1. The average molecular weight is 322 g/mol. The number of aliphatic hydroxyl groups is 1. The van der Waals surface area contributed by atoms with E-state index >= 15 is 0 Å². The van der Waals surface area contributed by atoms with Crippen molar-refractivity contribution in [1.29, 1.82) is 0 Å². The van der Waals surface area contributed by atoms with Gasteiger partial charge in [0.25, 0.3) is 0 Å². The third kappa shape index (κ3) is 4.84. The van der Waals surface area contributed by atoms with Crippen LogP contribution in [0.25, 0.3) is 0 Å². The van der Waals surface area contributed by atoms with Crippen molar-refractivity contribution >= 4 is 34.7 Å². The van der Waals surface area contributed by atoms with Crippen LogP contribution >= 0.6 is 23.1 Å². The summed E-state index contributed by atoms with van der Waals surface area (Å²) in [5.74, 6) is 1.03. The molecule has 1 aromatic heterocycles. The first-order valence-electron chi connectivity index (χ1n) is 6.62. The van der Waals surface area contributed by atoms with Gasteiger partial charge in [-0.2, -0.15) is 0 Å². The Bertz CT molecular complexity index is 611. The Kier molecular flexibility index (Phi) is 5.78. The number of carbonyl (C=O) groups excluding carboxylic acids is 1. The monoisotopic (exact) mass is 322 g/mol. The third-order valence-corrected chi connectivity index (χ3v) is 4.62. The molecule has 1 aromatic carbocycles. The van der Waals surface area contributed by atoms with Gasteiger partial charge in [-0.25, -0.2) is 4.98 Å². The lowest BCUT2D eigenvalue weighted by molar-refractivity contribution is -0.113. The van der Waals surface area contributed by atoms with Crippen LogP contribution in [0.1, 0.15) is 29.3 Å². The lowest BCUT2D eigenvalue weighted by Crippen LogP contribution is -2.16. The summed E-state index contributed by atoms with van der Waals surface area (Å²) in [6, 6.07) is 7.30. The van der Waals surface area contributed by atoms with Gasteiger partial charge >= 0.3 is 0 Å². The first-order chi connectivity index (χ1) is 10.1. The molecule has 0 fully saturated rings. The Morgan fingerprint density at radius 1 is 1.48 bits per heavy atom. The number of amides is 1. The van der Waals surface area contributed by atoms with Crippen molar-refractivity contribution in [1.82, 2.24) is 4.98 Å². The highest BCUT2D eigenvalue weighted by atomic mass is 32.2. The molecule has 0 saturated heterocycles. The van der Waals surface area contributed by atoms with Gasteiger partial charge in [-0.05, 0) is 19.9 Å². The van der Waals surface area contributed by atoms with Gasteiger partial charge in [0.05, 0.1) is 22.6 Å². The summed E-state index contributed by atoms with van der Waals surface area (Å²) in [5, 5.41) is 15.6. The van der Waals surface area contributed by atoms with Crippen LogP contribution in [0.3, 0.4) is 0 Å². The zero-order chi connectivity index (χ0) is 15.2. The number of hydrogen-bond donors (Lipinski definition) is 2.